The second-order valence-corrected chi connectivity index (χ2v) is 3.80. The summed E-state index contributed by atoms with van der Waals surface area (Å²) in [5.74, 6) is 0.222. The molecule has 0 aromatic heterocycles. The van der Waals surface area contributed by atoms with Crippen molar-refractivity contribution in [2.24, 2.45) is 0 Å². The highest BCUT2D eigenvalue weighted by Gasteiger charge is 2.19. The average Bonchev–Trinajstić information content (AvgIpc) is 2.29. The molecule has 15 heavy (non-hydrogen) atoms. The topological polar surface area (TPSA) is 29.1 Å². The Labute approximate surface area is 90.0 Å². The molecule has 0 amide bonds. The van der Waals surface area contributed by atoms with E-state index >= 15 is 0 Å². The standard InChI is InChI=1S/C13H15NO/c1-2-11-8-12(15)9-13(14-11)10-6-4-3-5-7-10/h3-8,13-14H,2,9H2,1H3. The van der Waals surface area contributed by atoms with Crippen LogP contribution in [0, 0.1) is 0 Å². The molecule has 0 aliphatic carbocycles. The lowest BCUT2D eigenvalue weighted by molar-refractivity contribution is -0.115. The first-order chi connectivity index (χ1) is 7.29. The monoisotopic (exact) mass is 201 g/mol. The van der Waals surface area contributed by atoms with Crippen LogP contribution in [0.4, 0.5) is 0 Å². The zero-order valence-electron chi connectivity index (χ0n) is 8.86. The van der Waals surface area contributed by atoms with Crippen LogP contribution in [0.3, 0.4) is 0 Å². The van der Waals surface area contributed by atoms with E-state index in [1.54, 1.807) is 6.08 Å². The fourth-order valence-electron chi connectivity index (χ4n) is 1.86. The van der Waals surface area contributed by atoms with Gasteiger partial charge in [0.15, 0.2) is 5.78 Å². The lowest BCUT2D eigenvalue weighted by atomic mass is 9.97. The van der Waals surface area contributed by atoms with E-state index in [1.165, 1.54) is 5.56 Å². The maximum atomic E-state index is 11.5. The summed E-state index contributed by atoms with van der Waals surface area (Å²) in [5.41, 5.74) is 2.23. The normalized spacial score (nSPS) is 20.7. The molecule has 2 nitrogen and oxygen atoms in total. The van der Waals surface area contributed by atoms with Gasteiger partial charge in [0.2, 0.25) is 0 Å². The van der Waals surface area contributed by atoms with Gasteiger partial charge in [0.1, 0.15) is 0 Å². The van der Waals surface area contributed by atoms with Crippen molar-refractivity contribution >= 4 is 5.78 Å². The number of hydrogen-bond acceptors (Lipinski definition) is 2. The van der Waals surface area contributed by atoms with Crippen LogP contribution < -0.4 is 5.32 Å². The lowest BCUT2D eigenvalue weighted by Crippen LogP contribution is -2.27. The van der Waals surface area contributed by atoms with E-state index in [-0.39, 0.29) is 11.8 Å². The lowest BCUT2D eigenvalue weighted by Gasteiger charge is -2.24. The smallest absolute Gasteiger partial charge is 0.159 e. The third-order valence-electron chi connectivity index (χ3n) is 2.68. The summed E-state index contributed by atoms with van der Waals surface area (Å²) >= 11 is 0. The largest absolute Gasteiger partial charge is 0.381 e. The van der Waals surface area contributed by atoms with Crippen molar-refractivity contribution in [3.05, 3.63) is 47.7 Å². The van der Waals surface area contributed by atoms with Crippen molar-refractivity contribution in [1.29, 1.82) is 0 Å². The summed E-state index contributed by atoms with van der Waals surface area (Å²) < 4.78 is 0. The molecule has 2 rings (SSSR count). The number of ketones is 1. The van der Waals surface area contributed by atoms with Gasteiger partial charge in [-0.05, 0) is 12.0 Å². The molecule has 2 heteroatoms. The zero-order chi connectivity index (χ0) is 10.7. The van der Waals surface area contributed by atoms with Crippen molar-refractivity contribution in [1.82, 2.24) is 5.32 Å². The summed E-state index contributed by atoms with van der Waals surface area (Å²) in [5, 5.41) is 3.39. The Bertz CT molecular complexity index is 381. The third-order valence-corrected chi connectivity index (χ3v) is 2.68. The number of carbonyl (C=O) groups excluding carboxylic acids is 1. The van der Waals surface area contributed by atoms with Crippen LogP contribution in [0.5, 0.6) is 0 Å². The molecule has 1 aliphatic rings. The van der Waals surface area contributed by atoms with Gasteiger partial charge in [-0.3, -0.25) is 4.79 Å². The van der Waals surface area contributed by atoms with Gasteiger partial charge in [-0.15, -0.1) is 0 Å². The molecule has 78 valence electrons. The maximum Gasteiger partial charge on any atom is 0.159 e. The van der Waals surface area contributed by atoms with E-state index in [0.717, 1.165) is 12.1 Å². The molecule has 1 heterocycles. The minimum atomic E-state index is 0.152. The number of hydrogen-bond donors (Lipinski definition) is 1. The minimum absolute atomic E-state index is 0.152. The van der Waals surface area contributed by atoms with Crippen molar-refractivity contribution < 1.29 is 4.79 Å². The molecule has 1 N–H and O–H groups in total. The summed E-state index contributed by atoms with van der Waals surface area (Å²) in [6, 6.07) is 10.3. The Morgan fingerprint density at radius 3 is 2.73 bits per heavy atom. The van der Waals surface area contributed by atoms with Crippen molar-refractivity contribution in [2.75, 3.05) is 0 Å². The first-order valence-corrected chi connectivity index (χ1v) is 5.34. The summed E-state index contributed by atoms with van der Waals surface area (Å²) in [4.78, 5) is 11.5. The number of nitrogens with one attached hydrogen (secondary N) is 1. The van der Waals surface area contributed by atoms with Gasteiger partial charge in [-0.2, -0.15) is 0 Å². The van der Waals surface area contributed by atoms with E-state index in [1.807, 2.05) is 18.2 Å². The molecule has 1 unspecified atom stereocenters. The third kappa shape index (κ3) is 2.27. The Hall–Kier alpha value is -1.57. The van der Waals surface area contributed by atoms with Crippen molar-refractivity contribution in [3.63, 3.8) is 0 Å². The van der Waals surface area contributed by atoms with Gasteiger partial charge < -0.3 is 5.32 Å². The van der Waals surface area contributed by atoms with Crippen LogP contribution in [0.15, 0.2) is 42.1 Å². The van der Waals surface area contributed by atoms with Crippen molar-refractivity contribution in [3.8, 4) is 0 Å². The Balaban J connectivity index is 2.20. The van der Waals surface area contributed by atoms with Gasteiger partial charge >= 0.3 is 0 Å². The molecule has 1 aliphatic heterocycles. The molecule has 0 spiro atoms. The summed E-state index contributed by atoms with van der Waals surface area (Å²) in [7, 11) is 0. The summed E-state index contributed by atoms with van der Waals surface area (Å²) in [6.07, 6.45) is 3.17. The summed E-state index contributed by atoms with van der Waals surface area (Å²) in [6.45, 7) is 2.06. The van der Waals surface area contributed by atoms with Gasteiger partial charge in [0.05, 0.1) is 6.04 Å². The van der Waals surface area contributed by atoms with E-state index < -0.39 is 0 Å². The van der Waals surface area contributed by atoms with Crippen LogP contribution in [-0.2, 0) is 4.79 Å². The first kappa shape index (κ1) is 9.97. The SMILES string of the molecule is CCC1=CC(=O)CC(c2ccccc2)N1. The predicted octanol–water partition coefficient (Wildman–Crippen LogP) is 2.58. The van der Waals surface area contributed by atoms with Crippen LogP contribution in [0.1, 0.15) is 31.4 Å². The van der Waals surface area contributed by atoms with E-state index in [9.17, 15) is 4.79 Å². The molecular formula is C13H15NO. The van der Waals surface area contributed by atoms with Crippen LogP contribution in [0.2, 0.25) is 0 Å². The molecular weight excluding hydrogens is 186 g/mol. The molecule has 0 radical (unpaired) electrons. The number of carbonyl (C=O) groups is 1. The Morgan fingerprint density at radius 1 is 1.33 bits per heavy atom. The molecule has 0 bridgehead atoms. The highest BCUT2D eigenvalue weighted by molar-refractivity contribution is 5.91. The first-order valence-electron chi connectivity index (χ1n) is 5.34. The molecule has 1 atom stereocenters. The number of benzene rings is 1. The highest BCUT2D eigenvalue weighted by Crippen LogP contribution is 2.22. The van der Waals surface area contributed by atoms with Crippen LogP contribution in [-0.4, -0.2) is 5.78 Å². The molecule has 0 fully saturated rings. The maximum absolute atomic E-state index is 11.5. The second kappa shape index (κ2) is 4.30. The average molecular weight is 201 g/mol. The molecule has 1 aromatic carbocycles. The predicted molar refractivity (Wildman–Crippen MR) is 60.3 cm³/mol. The van der Waals surface area contributed by atoms with Gasteiger partial charge in [0, 0.05) is 18.2 Å². The second-order valence-electron chi connectivity index (χ2n) is 3.80. The minimum Gasteiger partial charge on any atom is -0.381 e. The fourth-order valence-corrected chi connectivity index (χ4v) is 1.86. The van der Waals surface area contributed by atoms with Crippen LogP contribution >= 0.6 is 0 Å². The molecule has 0 saturated heterocycles. The molecule has 1 aromatic rings. The van der Waals surface area contributed by atoms with Crippen molar-refractivity contribution in [2.45, 2.75) is 25.8 Å². The van der Waals surface area contributed by atoms with Crippen LogP contribution in [0.25, 0.3) is 0 Å². The zero-order valence-corrected chi connectivity index (χ0v) is 8.86. The van der Waals surface area contributed by atoms with E-state index in [4.69, 9.17) is 0 Å². The fraction of sp³-hybridized carbons (Fsp3) is 0.308. The Morgan fingerprint density at radius 2 is 2.07 bits per heavy atom. The molecule has 0 saturated carbocycles. The van der Waals surface area contributed by atoms with Gasteiger partial charge in [-0.1, -0.05) is 37.3 Å². The number of rotatable bonds is 2. The van der Waals surface area contributed by atoms with E-state index in [0.29, 0.717) is 6.42 Å². The van der Waals surface area contributed by atoms with Gasteiger partial charge in [0.25, 0.3) is 0 Å². The quantitative estimate of drug-likeness (QED) is 0.796. The van der Waals surface area contributed by atoms with E-state index in [2.05, 4.69) is 24.4 Å². The number of allylic oxidation sites excluding steroid dienone is 2. The highest BCUT2D eigenvalue weighted by atomic mass is 16.1. The van der Waals surface area contributed by atoms with Gasteiger partial charge in [-0.25, -0.2) is 0 Å². The Kier molecular flexibility index (Phi) is 2.86.